The van der Waals surface area contributed by atoms with E-state index in [1.165, 1.54) is 4.68 Å². The third kappa shape index (κ3) is 2.63. The molecule has 5 heteroatoms. The van der Waals surface area contributed by atoms with Gasteiger partial charge in [-0.2, -0.15) is 5.10 Å². The quantitative estimate of drug-likeness (QED) is 0.869. The second-order valence-corrected chi connectivity index (χ2v) is 6.22. The summed E-state index contributed by atoms with van der Waals surface area (Å²) in [4.78, 5) is 27.0. The monoisotopic (exact) mass is 299 g/mol. The standard InChI is InChI=1S/C17H21N3O2/c1-11(2)20(13-8-9-13)16(21)10-19-17(22)15-7-5-4-6-14(15)12(3)18-19/h4-7,11,13H,8-10H2,1-3H3. The van der Waals surface area contributed by atoms with Crippen LogP contribution in [-0.2, 0) is 11.3 Å². The van der Waals surface area contributed by atoms with Crippen molar-refractivity contribution in [3.8, 4) is 0 Å². The third-order valence-corrected chi connectivity index (χ3v) is 4.12. The van der Waals surface area contributed by atoms with Crippen molar-refractivity contribution in [2.75, 3.05) is 0 Å². The highest BCUT2D eigenvalue weighted by Gasteiger charge is 2.34. The maximum Gasteiger partial charge on any atom is 0.275 e. The van der Waals surface area contributed by atoms with Crippen molar-refractivity contribution in [2.45, 2.75) is 52.2 Å². The molecule has 1 fully saturated rings. The van der Waals surface area contributed by atoms with Crippen molar-refractivity contribution in [3.05, 3.63) is 40.3 Å². The summed E-state index contributed by atoms with van der Waals surface area (Å²) in [6, 6.07) is 7.88. The second kappa shape index (κ2) is 5.55. The van der Waals surface area contributed by atoms with Crippen LogP contribution in [-0.4, -0.2) is 32.7 Å². The number of benzene rings is 1. The fraction of sp³-hybridized carbons (Fsp3) is 0.471. The number of rotatable bonds is 4. The molecule has 1 aromatic heterocycles. The minimum atomic E-state index is -0.200. The van der Waals surface area contributed by atoms with E-state index in [1.807, 2.05) is 43.9 Å². The Bertz CT molecular complexity index is 773. The van der Waals surface area contributed by atoms with Gasteiger partial charge in [-0.05, 0) is 39.7 Å². The van der Waals surface area contributed by atoms with Gasteiger partial charge in [-0.1, -0.05) is 18.2 Å². The van der Waals surface area contributed by atoms with Crippen LogP contribution in [0.3, 0.4) is 0 Å². The van der Waals surface area contributed by atoms with Gasteiger partial charge in [-0.15, -0.1) is 0 Å². The van der Waals surface area contributed by atoms with Crippen LogP contribution in [0.1, 0.15) is 32.4 Å². The summed E-state index contributed by atoms with van der Waals surface area (Å²) in [5, 5.41) is 5.78. The van der Waals surface area contributed by atoms with Crippen LogP contribution >= 0.6 is 0 Å². The molecule has 0 aliphatic heterocycles. The van der Waals surface area contributed by atoms with E-state index >= 15 is 0 Å². The lowest BCUT2D eigenvalue weighted by Gasteiger charge is -2.26. The van der Waals surface area contributed by atoms with E-state index in [2.05, 4.69) is 5.10 Å². The minimum absolute atomic E-state index is 0.0131. The normalized spacial score (nSPS) is 14.5. The Morgan fingerprint density at radius 2 is 1.95 bits per heavy atom. The number of aromatic nitrogens is 2. The molecule has 22 heavy (non-hydrogen) atoms. The highest BCUT2D eigenvalue weighted by molar-refractivity contribution is 5.83. The number of carbonyl (C=O) groups excluding carboxylic acids is 1. The Kier molecular flexibility index (Phi) is 3.72. The summed E-state index contributed by atoms with van der Waals surface area (Å²) in [5.41, 5.74) is 0.569. The summed E-state index contributed by atoms with van der Waals surface area (Å²) < 4.78 is 1.30. The van der Waals surface area contributed by atoms with Gasteiger partial charge in [-0.3, -0.25) is 9.59 Å². The van der Waals surface area contributed by atoms with Gasteiger partial charge >= 0.3 is 0 Å². The first kappa shape index (κ1) is 14.8. The van der Waals surface area contributed by atoms with Crippen LogP contribution in [0.5, 0.6) is 0 Å². The molecule has 1 aliphatic carbocycles. The molecule has 1 aromatic carbocycles. The smallest absolute Gasteiger partial charge is 0.275 e. The Labute approximate surface area is 129 Å². The summed E-state index contributed by atoms with van der Waals surface area (Å²) >= 11 is 0. The average molecular weight is 299 g/mol. The van der Waals surface area contributed by atoms with Crippen molar-refractivity contribution in [2.24, 2.45) is 0 Å². The summed E-state index contributed by atoms with van der Waals surface area (Å²) in [7, 11) is 0. The molecule has 3 rings (SSSR count). The minimum Gasteiger partial charge on any atom is -0.336 e. The van der Waals surface area contributed by atoms with Crippen LogP contribution in [0.25, 0.3) is 10.8 Å². The highest BCUT2D eigenvalue weighted by atomic mass is 16.2. The first-order valence-corrected chi connectivity index (χ1v) is 7.76. The number of aryl methyl sites for hydroxylation is 1. The number of carbonyl (C=O) groups is 1. The molecule has 1 saturated carbocycles. The fourth-order valence-electron chi connectivity index (χ4n) is 2.99. The van der Waals surface area contributed by atoms with Crippen LogP contribution in [0.4, 0.5) is 0 Å². The van der Waals surface area contributed by atoms with E-state index in [4.69, 9.17) is 0 Å². The Balaban J connectivity index is 1.95. The molecule has 0 bridgehead atoms. The predicted octanol–water partition coefficient (Wildman–Crippen LogP) is 2.10. The van der Waals surface area contributed by atoms with E-state index in [0.717, 1.165) is 23.9 Å². The van der Waals surface area contributed by atoms with Gasteiger partial charge in [0, 0.05) is 17.5 Å². The molecule has 1 amide bonds. The molecule has 0 radical (unpaired) electrons. The van der Waals surface area contributed by atoms with Crippen molar-refractivity contribution in [3.63, 3.8) is 0 Å². The van der Waals surface area contributed by atoms with Crippen LogP contribution in [0.2, 0.25) is 0 Å². The number of amides is 1. The lowest BCUT2D eigenvalue weighted by molar-refractivity contribution is -0.134. The predicted molar refractivity (Wildman–Crippen MR) is 85.7 cm³/mol. The molecule has 116 valence electrons. The summed E-state index contributed by atoms with van der Waals surface area (Å²) in [5.74, 6) is -0.0261. The van der Waals surface area contributed by atoms with E-state index in [0.29, 0.717) is 11.4 Å². The number of fused-ring (bicyclic) bond motifs is 1. The molecule has 5 nitrogen and oxygen atoms in total. The first-order chi connectivity index (χ1) is 10.5. The zero-order chi connectivity index (χ0) is 15.9. The second-order valence-electron chi connectivity index (χ2n) is 6.22. The van der Waals surface area contributed by atoms with Crippen LogP contribution in [0.15, 0.2) is 29.1 Å². The molecule has 0 unspecified atom stereocenters. The third-order valence-electron chi connectivity index (χ3n) is 4.12. The number of hydrogen-bond acceptors (Lipinski definition) is 3. The molecular formula is C17H21N3O2. The molecule has 0 atom stereocenters. The van der Waals surface area contributed by atoms with Gasteiger partial charge in [0.05, 0.1) is 11.1 Å². The Hall–Kier alpha value is -2.17. The lowest BCUT2D eigenvalue weighted by atomic mass is 10.1. The van der Waals surface area contributed by atoms with Gasteiger partial charge in [0.15, 0.2) is 0 Å². The SMILES string of the molecule is Cc1nn(CC(=O)N(C(C)C)C2CC2)c(=O)c2ccccc12. The summed E-state index contributed by atoms with van der Waals surface area (Å²) in [6.45, 7) is 5.90. The van der Waals surface area contributed by atoms with Crippen molar-refractivity contribution >= 4 is 16.7 Å². The van der Waals surface area contributed by atoms with Crippen LogP contribution in [0, 0.1) is 6.92 Å². The molecule has 1 aliphatic rings. The van der Waals surface area contributed by atoms with E-state index in [1.54, 1.807) is 6.07 Å². The highest BCUT2D eigenvalue weighted by Crippen LogP contribution is 2.28. The van der Waals surface area contributed by atoms with Gasteiger partial charge in [0.2, 0.25) is 5.91 Å². The summed E-state index contributed by atoms with van der Waals surface area (Å²) in [6.07, 6.45) is 2.12. The Morgan fingerprint density at radius 1 is 1.32 bits per heavy atom. The first-order valence-electron chi connectivity index (χ1n) is 7.76. The number of hydrogen-bond donors (Lipinski definition) is 0. The Morgan fingerprint density at radius 3 is 2.55 bits per heavy atom. The average Bonchev–Trinajstić information content (AvgIpc) is 3.29. The van der Waals surface area contributed by atoms with Gasteiger partial charge in [0.1, 0.15) is 6.54 Å². The molecule has 0 saturated heterocycles. The van der Waals surface area contributed by atoms with Crippen molar-refractivity contribution in [1.29, 1.82) is 0 Å². The zero-order valence-electron chi connectivity index (χ0n) is 13.2. The molecule has 0 spiro atoms. The maximum atomic E-state index is 12.6. The van der Waals surface area contributed by atoms with Crippen LogP contribution < -0.4 is 5.56 Å². The van der Waals surface area contributed by atoms with E-state index in [9.17, 15) is 9.59 Å². The molecule has 1 heterocycles. The molecule has 2 aromatic rings. The number of nitrogens with zero attached hydrogens (tertiary/aromatic N) is 3. The fourth-order valence-corrected chi connectivity index (χ4v) is 2.99. The van der Waals surface area contributed by atoms with Gasteiger partial charge < -0.3 is 4.90 Å². The largest absolute Gasteiger partial charge is 0.336 e. The maximum absolute atomic E-state index is 12.6. The zero-order valence-corrected chi connectivity index (χ0v) is 13.2. The molecule has 0 N–H and O–H groups in total. The lowest BCUT2D eigenvalue weighted by Crippen LogP contribution is -2.42. The van der Waals surface area contributed by atoms with Gasteiger partial charge in [0.25, 0.3) is 5.56 Å². The van der Waals surface area contributed by atoms with Crippen molar-refractivity contribution < 1.29 is 4.79 Å². The van der Waals surface area contributed by atoms with Gasteiger partial charge in [-0.25, -0.2) is 4.68 Å². The van der Waals surface area contributed by atoms with Crippen molar-refractivity contribution in [1.82, 2.24) is 14.7 Å². The van der Waals surface area contributed by atoms with E-state index in [-0.39, 0.29) is 24.1 Å². The van der Waals surface area contributed by atoms with E-state index < -0.39 is 0 Å². The molecular weight excluding hydrogens is 278 g/mol. The topological polar surface area (TPSA) is 55.2 Å².